The summed E-state index contributed by atoms with van der Waals surface area (Å²) in [6, 6.07) is 18.8. The van der Waals surface area contributed by atoms with Crippen molar-refractivity contribution in [2.75, 3.05) is 17.2 Å². The summed E-state index contributed by atoms with van der Waals surface area (Å²) in [7, 11) is 0. The number of hydrogen-bond acceptors (Lipinski definition) is 5. The summed E-state index contributed by atoms with van der Waals surface area (Å²) < 4.78 is 11.8. The first-order valence-corrected chi connectivity index (χ1v) is 12.2. The number of benzene rings is 3. The molecule has 0 bridgehead atoms. The quantitative estimate of drug-likeness (QED) is 0.284. The van der Waals surface area contributed by atoms with E-state index < -0.39 is 6.10 Å². The Bertz CT molecular complexity index is 1220. The van der Waals surface area contributed by atoms with Crippen molar-refractivity contribution in [3.63, 3.8) is 0 Å². The predicted molar refractivity (Wildman–Crippen MR) is 146 cm³/mol. The fourth-order valence-corrected chi connectivity index (χ4v) is 3.80. The molecule has 3 aromatic rings. The molecule has 0 heterocycles. The summed E-state index contributed by atoms with van der Waals surface area (Å²) in [5.74, 6) is 0.406. The minimum atomic E-state index is -0.752. The molecule has 0 aliphatic carbocycles. The Labute approximate surface area is 222 Å². The van der Waals surface area contributed by atoms with Crippen LogP contribution in [0.1, 0.15) is 24.2 Å². The van der Waals surface area contributed by atoms with Crippen molar-refractivity contribution in [2.45, 2.75) is 20.0 Å². The molecule has 182 valence electrons. The highest BCUT2D eigenvalue weighted by molar-refractivity contribution is 9.10. The van der Waals surface area contributed by atoms with Crippen molar-refractivity contribution < 1.29 is 19.1 Å². The summed E-state index contributed by atoms with van der Waals surface area (Å²) in [5, 5.41) is 8.93. The molecule has 0 aliphatic heterocycles. The molecular weight excluding hydrogens is 554 g/mol. The third-order valence-electron chi connectivity index (χ3n) is 4.64. The van der Waals surface area contributed by atoms with Gasteiger partial charge in [0.25, 0.3) is 11.8 Å². The van der Waals surface area contributed by atoms with E-state index in [1.54, 1.807) is 73.7 Å². The van der Waals surface area contributed by atoms with E-state index in [1.807, 2.05) is 6.92 Å². The zero-order valence-corrected chi connectivity index (χ0v) is 22.1. The number of carbonyl (C=O) groups excluding carboxylic acids is 2. The summed E-state index contributed by atoms with van der Waals surface area (Å²) in [6.45, 7) is 4.05. The lowest BCUT2D eigenvalue weighted by molar-refractivity contribution is -0.122. The van der Waals surface area contributed by atoms with Crippen LogP contribution in [0.4, 0.5) is 11.4 Å². The van der Waals surface area contributed by atoms with Gasteiger partial charge >= 0.3 is 0 Å². The fourth-order valence-electron chi connectivity index (χ4n) is 2.92. The molecule has 1 unspecified atom stereocenters. The van der Waals surface area contributed by atoms with Crippen LogP contribution in [0.2, 0.25) is 5.02 Å². The van der Waals surface area contributed by atoms with Crippen LogP contribution >= 0.6 is 39.7 Å². The standard InChI is InChI=1S/C25H23BrClN3O4S/c1-3-33-21-13-8-16(14-19(21)26)24(32)30-25(35)29-18-11-9-17(10-12-18)28-23(31)15(2)34-22-7-5-4-6-20(22)27/h4-15H,3H2,1-2H3,(H,28,31)(H2,29,30,32,35). The summed E-state index contributed by atoms with van der Waals surface area (Å²) in [5.41, 5.74) is 1.64. The molecule has 0 radical (unpaired) electrons. The smallest absolute Gasteiger partial charge is 0.265 e. The average Bonchev–Trinajstić information content (AvgIpc) is 2.83. The molecule has 2 amide bonds. The van der Waals surface area contributed by atoms with E-state index in [2.05, 4.69) is 31.9 Å². The number of halogens is 2. The lowest BCUT2D eigenvalue weighted by Crippen LogP contribution is -2.34. The van der Waals surface area contributed by atoms with Gasteiger partial charge < -0.3 is 20.1 Å². The van der Waals surface area contributed by atoms with Gasteiger partial charge in [0.15, 0.2) is 11.2 Å². The Kier molecular flexibility index (Phi) is 9.47. The lowest BCUT2D eigenvalue weighted by Gasteiger charge is -2.16. The number of anilines is 2. The van der Waals surface area contributed by atoms with Crippen molar-refractivity contribution >= 4 is 68.1 Å². The van der Waals surface area contributed by atoms with E-state index in [0.29, 0.717) is 44.5 Å². The van der Waals surface area contributed by atoms with Crippen LogP contribution in [0.3, 0.4) is 0 Å². The van der Waals surface area contributed by atoms with Gasteiger partial charge in [0, 0.05) is 16.9 Å². The monoisotopic (exact) mass is 575 g/mol. The largest absolute Gasteiger partial charge is 0.493 e. The molecule has 0 saturated heterocycles. The molecule has 10 heteroatoms. The number of thiocarbonyl (C=S) groups is 1. The molecule has 3 rings (SSSR count). The maximum absolute atomic E-state index is 12.5. The Morgan fingerprint density at radius 2 is 1.66 bits per heavy atom. The van der Waals surface area contributed by atoms with Crippen LogP contribution < -0.4 is 25.4 Å². The van der Waals surface area contributed by atoms with Crippen molar-refractivity contribution in [1.29, 1.82) is 0 Å². The van der Waals surface area contributed by atoms with Crippen LogP contribution in [0.5, 0.6) is 11.5 Å². The van der Waals surface area contributed by atoms with Crippen LogP contribution in [0.15, 0.2) is 71.2 Å². The zero-order chi connectivity index (χ0) is 25.4. The van der Waals surface area contributed by atoms with E-state index in [0.717, 1.165) is 0 Å². The lowest BCUT2D eigenvalue weighted by atomic mass is 10.2. The van der Waals surface area contributed by atoms with Crippen LogP contribution in [-0.4, -0.2) is 29.6 Å². The topological polar surface area (TPSA) is 88.7 Å². The number of rotatable bonds is 8. The second-order valence-corrected chi connectivity index (χ2v) is 8.91. The van der Waals surface area contributed by atoms with E-state index in [9.17, 15) is 9.59 Å². The van der Waals surface area contributed by atoms with Gasteiger partial charge in [-0.3, -0.25) is 14.9 Å². The van der Waals surface area contributed by atoms with Gasteiger partial charge in [-0.25, -0.2) is 0 Å². The van der Waals surface area contributed by atoms with Gasteiger partial charge in [0.1, 0.15) is 11.5 Å². The third-order valence-corrected chi connectivity index (χ3v) is 5.78. The van der Waals surface area contributed by atoms with Gasteiger partial charge in [-0.1, -0.05) is 23.7 Å². The maximum Gasteiger partial charge on any atom is 0.265 e. The van der Waals surface area contributed by atoms with Crippen LogP contribution in [0.25, 0.3) is 0 Å². The van der Waals surface area contributed by atoms with E-state index >= 15 is 0 Å². The SMILES string of the molecule is CCOc1ccc(C(=O)NC(=S)Nc2ccc(NC(=O)C(C)Oc3ccccc3Cl)cc2)cc1Br. The number of para-hydroxylation sites is 1. The molecule has 3 N–H and O–H groups in total. The van der Waals surface area contributed by atoms with Gasteiger partial charge in [-0.2, -0.15) is 0 Å². The van der Waals surface area contributed by atoms with Gasteiger partial charge in [-0.15, -0.1) is 0 Å². The molecular formula is C25H23BrClN3O4S. The van der Waals surface area contributed by atoms with E-state index in [-0.39, 0.29) is 16.9 Å². The Balaban J connectivity index is 1.51. The first-order valence-electron chi connectivity index (χ1n) is 10.6. The van der Waals surface area contributed by atoms with Crippen molar-refractivity contribution in [1.82, 2.24) is 5.32 Å². The molecule has 0 aromatic heterocycles. The second-order valence-electron chi connectivity index (χ2n) is 7.24. The maximum atomic E-state index is 12.5. The second kappa shape index (κ2) is 12.5. The molecule has 1 atom stereocenters. The summed E-state index contributed by atoms with van der Waals surface area (Å²) in [6.07, 6.45) is -0.752. The molecule has 0 spiro atoms. The molecule has 0 saturated carbocycles. The number of nitrogens with one attached hydrogen (secondary N) is 3. The molecule has 35 heavy (non-hydrogen) atoms. The summed E-state index contributed by atoms with van der Waals surface area (Å²) in [4.78, 5) is 24.9. The van der Waals surface area contributed by atoms with Gasteiger partial charge in [0.2, 0.25) is 0 Å². The third kappa shape index (κ3) is 7.68. The van der Waals surface area contributed by atoms with Crippen molar-refractivity contribution in [3.8, 4) is 11.5 Å². The van der Waals surface area contributed by atoms with Crippen molar-refractivity contribution in [3.05, 3.63) is 81.8 Å². The minimum Gasteiger partial charge on any atom is -0.493 e. The van der Waals surface area contributed by atoms with Crippen LogP contribution in [-0.2, 0) is 4.79 Å². The first-order chi connectivity index (χ1) is 16.8. The summed E-state index contributed by atoms with van der Waals surface area (Å²) >= 11 is 14.7. The number of ether oxygens (including phenoxy) is 2. The van der Waals surface area contributed by atoms with Crippen molar-refractivity contribution in [2.24, 2.45) is 0 Å². The average molecular weight is 577 g/mol. The normalized spacial score (nSPS) is 11.2. The minimum absolute atomic E-state index is 0.138. The number of hydrogen-bond donors (Lipinski definition) is 3. The Hall–Kier alpha value is -3.14. The van der Waals surface area contributed by atoms with Gasteiger partial charge in [0.05, 0.1) is 16.1 Å². The molecule has 3 aromatic carbocycles. The number of carbonyl (C=O) groups is 2. The van der Waals surface area contributed by atoms with Crippen LogP contribution in [0, 0.1) is 0 Å². The molecule has 0 fully saturated rings. The van der Waals surface area contributed by atoms with E-state index in [1.165, 1.54) is 0 Å². The number of amides is 2. The highest BCUT2D eigenvalue weighted by Gasteiger charge is 2.16. The zero-order valence-electron chi connectivity index (χ0n) is 18.9. The molecule has 0 aliphatic rings. The predicted octanol–water partition coefficient (Wildman–Crippen LogP) is 6.03. The Morgan fingerprint density at radius 3 is 2.29 bits per heavy atom. The van der Waals surface area contributed by atoms with E-state index in [4.69, 9.17) is 33.3 Å². The fraction of sp³-hybridized carbons (Fsp3) is 0.160. The Morgan fingerprint density at radius 1 is 1.00 bits per heavy atom. The van der Waals surface area contributed by atoms with Gasteiger partial charge in [-0.05, 0) is 96.6 Å². The highest BCUT2D eigenvalue weighted by Crippen LogP contribution is 2.26. The highest BCUT2D eigenvalue weighted by atomic mass is 79.9. The molecule has 7 nitrogen and oxygen atoms in total. The first kappa shape index (κ1) is 26.5.